The summed E-state index contributed by atoms with van der Waals surface area (Å²) in [4.78, 5) is 23.2. The minimum absolute atomic E-state index is 0.215. The van der Waals surface area contributed by atoms with E-state index < -0.39 is 5.97 Å². The van der Waals surface area contributed by atoms with E-state index in [0.29, 0.717) is 12.0 Å². The molecule has 1 aliphatic carbocycles. The third kappa shape index (κ3) is 6.58. The number of hydrogen-bond donors (Lipinski definition) is 1. The molecule has 1 N–H and O–H groups in total. The lowest BCUT2D eigenvalue weighted by Crippen LogP contribution is -2.42. The lowest BCUT2D eigenvalue weighted by Gasteiger charge is -2.42. The number of rotatable bonds is 5. The van der Waals surface area contributed by atoms with E-state index in [1.165, 1.54) is 51.3 Å². The number of hydrogen-bond acceptors (Lipinski definition) is 5. The molecule has 1 heterocycles. The van der Waals surface area contributed by atoms with Gasteiger partial charge in [-0.1, -0.05) is 24.5 Å². The van der Waals surface area contributed by atoms with Crippen LogP contribution in [0.25, 0.3) is 0 Å². The molecule has 0 amide bonds. The van der Waals surface area contributed by atoms with Crippen LogP contribution in [0.3, 0.4) is 0 Å². The van der Waals surface area contributed by atoms with Gasteiger partial charge in [0.1, 0.15) is 6.54 Å². The number of esters is 1. The van der Waals surface area contributed by atoms with Gasteiger partial charge in [0.25, 0.3) is 0 Å². The van der Waals surface area contributed by atoms with E-state index >= 15 is 0 Å². The van der Waals surface area contributed by atoms with Crippen LogP contribution >= 0.6 is 0 Å². The molecule has 5 nitrogen and oxygen atoms in total. The molecule has 0 saturated carbocycles. The molecule has 1 aliphatic heterocycles. The van der Waals surface area contributed by atoms with Crippen molar-refractivity contribution in [2.24, 2.45) is 10.4 Å². The van der Waals surface area contributed by atoms with Gasteiger partial charge in [-0.2, -0.15) is 4.99 Å². The van der Waals surface area contributed by atoms with Crippen molar-refractivity contribution >= 4 is 12.0 Å². The Balaban J connectivity index is 0.000000245. The van der Waals surface area contributed by atoms with Gasteiger partial charge in [0.2, 0.25) is 6.08 Å². The summed E-state index contributed by atoms with van der Waals surface area (Å²) in [5, 5.41) is 3.56. The van der Waals surface area contributed by atoms with Crippen molar-refractivity contribution in [2.75, 3.05) is 26.2 Å². The molecule has 1 spiro atoms. The van der Waals surface area contributed by atoms with E-state index in [2.05, 4.69) is 28.9 Å². The molecule has 2 rings (SSSR count). The van der Waals surface area contributed by atoms with E-state index in [0.717, 1.165) is 12.8 Å². The van der Waals surface area contributed by atoms with Crippen molar-refractivity contribution in [1.29, 1.82) is 0 Å². The van der Waals surface area contributed by atoms with Crippen LogP contribution in [0.4, 0.5) is 0 Å². The Morgan fingerprint density at radius 1 is 1.33 bits per heavy atom. The molecule has 0 aromatic heterocycles. The van der Waals surface area contributed by atoms with Gasteiger partial charge in [0.15, 0.2) is 0 Å². The predicted octanol–water partition coefficient (Wildman–Crippen LogP) is 3.54. The topological polar surface area (TPSA) is 67.8 Å². The molecule has 1 atom stereocenters. The zero-order valence-electron chi connectivity index (χ0n) is 15.5. The molecule has 0 bridgehead atoms. The van der Waals surface area contributed by atoms with Crippen molar-refractivity contribution < 1.29 is 14.3 Å². The van der Waals surface area contributed by atoms with Crippen LogP contribution in [0.5, 0.6) is 0 Å². The predicted molar refractivity (Wildman–Crippen MR) is 95.6 cm³/mol. The second kappa shape index (κ2) is 11.2. The Kier molecular flexibility index (Phi) is 9.58. The Labute approximate surface area is 145 Å². The van der Waals surface area contributed by atoms with Gasteiger partial charge < -0.3 is 10.1 Å². The van der Waals surface area contributed by atoms with Gasteiger partial charge >= 0.3 is 5.97 Å². The second-order valence-corrected chi connectivity index (χ2v) is 6.80. The second-order valence-electron chi connectivity index (χ2n) is 6.80. The lowest BCUT2D eigenvalue weighted by atomic mass is 9.67. The third-order valence-corrected chi connectivity index (χ3v) is 5.15. The van der Waals surface area contributed by atoms with Crippen LogP contribution in [0.1, 0.15) is 65.7 Å². The largest absolute Gasteiger partial charge is 0.464 e. The summed E-state index contributed by atoms with van der Waals surface area (Å²) in [7, 11) is 0. The molecule has 0 radical (unpaired) electrons. The van der Waals surface area contributed by atoms with Gasteiger partial charge in [-0.05, 0) is 58.9 Å². The fourth-order valence-electron chi connectivity index (χ4n) is 3.49. The number of isocyanates is 1. The average Bonchev–Trinajstić information content (AvgIpc) is 2.60. The van der Waals surface area contributed by atoms with E-state index in [-0.39, 0.29) is 6.54 Å². The minimum Gasteiger partial charge on any atom is -0.464 e. The zero-order chi connectivity index (χ0) is 17.8. The highest BCUT2D eigenvalue weighted by Crippen LogP contribution is 2.44. The van der Waals surface area contributed by atoms with Crippen LogP contribution < -0.4 is 5.32 Å². The average molecular weight is 336 g/mol. The molecule has 0 aromatic carbocycles. The molecule has 1 fully saturated rings. The van der Waals surface area contributed by atoms with E-state index in [1.54, 1.807) is 11.1 Å². The van der Waals surface area contributed by atoms with Gasteiger partial charge in [-0.3, -0.25) is 4.79 Å². The fourth-order valence-corrected chi connectivity index (χ4v) is 3.49. The number of piperidine rings is 1. The van der Waals surface area contributed by atoms with Crippen molar-refractivity contribution in [3.8, 4) is 0 Å². The molecule has 5 heteroatoms. The maximum Gasteiger partial charge on any atom is 0.328 e. The first kappa shape index (κ1) is 20.6. The Hall–Kier alpha value is -1.45. The first-order valence-electron chi connectivity index (χ1n) is 9.12. The number of allylic oxidation sites excluding steroid dienone is 1. The van der Waals surface area contributed by atoms with Crippen molar-refractivity contribution in [3.05, 3.63) is 11.1 Å². The standard InChI is InChI=1S/C12H21N.C7H11NO3/c1-10-5-3-6-12(11(10)2)7-4-8-13-9-12;1-2-3-4-11-7(10)5-8-6-9/h13H,3-9H2,1-2H3;2-5H2,1H3. The SMILES string of the molecule is CC1=C(C)C2(CCCNC2)CCC1.CCCCOC(=O)CN=C=O. The number of carbonyl (C=O) groups excluding carboxylic acids is 2. The Morgan fingerprint density at radius 3 is 2.71 bits per heavy atom. The van der Waals surface area contributed by atoms with E-state index in [4.69, 9.17) is 0 Å². The molecule has 0 aromatic rings. The zero-order valence-corrected chi connectivity index (χ0v) is 15.5. The molecule has 1 saturated heterocycles. The van der Waals surface area contributed by atoms with Crippen LogP contribution in [-0.2, 0) is 14.3 Å². The number of nitrogens with one attached hydrogen (secondary N) is 1. The van der Waals surface area contributed by atoms with E-state index in [1.807, 2.05) is 6.92 Å². The first-order chi connectivity index (χ1) is 11.6. The third-order valence-electron chi connectivity index (χ3n) is 5.15. The molecular weight excluding hydrogens is 304 g/mol. The van der Waals surface area contributed by atoms with Crippen molar-refractivity contribution in [3.63, 3.8) is 0 Å². The highest BCUT2D eigenvalue weighted by Gasteiger charge is 2.35. The molecule has 1 unspecified atom stereocenters. The smallest absolute Gasteiger partial charge is 0.328 e. The number of carbonyl (C=O) groups is 1. The van der Waals surface area contributed by atoms with Crippen LogP contribution in [0.2, 0.25) is 0 Å². The fraction of sp³-hybridized carbons (Fsp3) is 0.789. The van der Waals surface area contributed by atoms with Crippen molar-refractivity contribution in [2.45, 2.75) is 65.7 Å². The first-order valence-corrected chi connectivity index (χ1v) is 9.12. The maximum atomic E-state index is 10.6. The summed E-state index contributed by atoms with van der Waals surface area (Å²) in [6.07, 6.45) is 10.0. The summed E-state index contributed by atoms with van der Waals surface area (Å²) in [5.41, 5.74) is 3.92. The summed E-state index contributed by atoms with van der Waals surface area (Å²) in [6.45, 7) is 9.34. The van der Waals surface area contributed by atoms with E-state index in [9.17, 15) is 9.59 Å². The maximum absolute atomic E-state index is 10.6. The number of aliphatic imine (C=N–C) groups is 1. The number of nitrogens with zero attached hydrogens (tertiary/aromatic N) is 1. The summed E-state index contributed by atoms with van der Waals surface area (Å²) >= 11 is 0. The van der Waals surface area contributed by atoms with Gasteiger partial charge in [-0.25, -0.2) is 4.79 Å². The summed E-state index contributed by atoms with van der Waals surface area (Å²) < 4.78 is 4.67. The molecular formula is C19H32N2O3. The monoisotopic (exact) mass is 336 g/mol. The minimum atomic E-state index is -0.471. The highest BCUT2D eigenvalue weighted by molar-refractivity contribution is 5.72. The Bertz CT molecular complexity index is 473. The highest BCUT2D eigenvalue weighted by atomic mass is 16.5. The summed E-state index contributed by atoms with van der Waals surface area (Å²) in [6, 6.07) is 0. The number of ether oxygens (including phenoxy) is 1. The number of unbranched alkanes of at least 4 members (excludes halogenated alkanes) is 1. The van der Waals surface area contributed by atoms with Crippen LogP contribution in [-0.4, -0.2) is 38.3 Å². The molecule has 24 heavy (non-hydrogen) atoms. The van der Waals surface area contributed by atoms with Gasteiger partial charge in [0, 0.05) is 12.0 Å². The quantitative estimate of drug-likeness (QED) is 0.274. The van der Waals surface area contributed by atoms with Gasteiger partial charge in [-0.15, -0.1) is 0 Å². The van der Waals surface area contributed by atoms with Crippen LogP contribution in [0.15, 0.2) is 16.1 Å². The molecule has 136 valence electrons. The van der Waals surface area contributed by atoms with Crippen LogP contribution in [0, 0.1) is 5.41 Å². The lowest BCUT2D eigenvalue weighted by molar-refractivity contribution is -0.141. The normalized spacial score (nSPS) is 23.1. The summed E-state index contributed by atoms with van der Waals surface area (Å²) in [5.74, 6) is -0.471. The Morgan fingerprint density at radius 2 is 2.08 bits per heavy atom. The molecule has 2 aliphatic rings. The van der Waals surface area contributed by atoms with Crippen molar-refractivity contribution in [1.82, 2.24) is 5.32 Å². The van der Waals surface area contributed by atoms with Gasteiger partial charge in [0.05, 0.1) is 6.61 Å².